The molecule has 0 bridgehead atoms. The highest BCUT2D eigenvalue weighted by Crippen LogP contribution is 2.30. The fourth-order valence-corrected chi connectivity index (χ4v) is 2.37. The Morgan fingerprint density at radius 2 is 1.71 bits per heavy atom. The second-order valence-electron chi connectivity index (χ2n) is 6.33. The number of aryl methyl sites for hydroxylation is 1. The summed E-state index contributed by atoms with van der Waals surface area (Å²) < 4.78 is 23.0. The molecule has 0 spiro atoms. The average molecular weight is 313 g/mol. The molecule has 0 fully saturated rings. The number of sulfonamides is 1. The molecule has 0 aliphatic rings. The molecule has 1 aromatic carbocycles. The van der Waals surface area contributed by atoms with Crippen molar-refractivity contribution < 1.29 is 13.2 Å². The van der Waals surface area contributed by atoms with E-state index in [4.69, 9.17) is 10.9 Å². The van der Waals surface area contributed by atoms with Gasteiger partial charge in [-0.05, 0) is 52.3 Å². The number of nitrogens with two attached hydrogens (primary N) is 2. The van der Waals surface area contributed by atoms with Gasteiger partial charge in [0.1, 0.15) is 0 Å². The van der Waals surface area contributed by atoms with Crippen LogP contribution in [-0.4, -0.2) is 19.9 Å². The number of hydrogen-bond donors (Lipinski definition) is 3. The molecular formula is C14H23N3O3S. The lowest BCUT2D eigenvalue weighted by molar-refractivity contribution is -0.126. The largest absolute Gasteiger partial charge is 0.326 e. The van der Waals surface area contributed by atoms with Gasteiger partial charge in [-0.15, -0.1) is 0 Å². The molecule has 0 heterocycles. The number of nitrogens with one attached hydrogen (secondary N) is 1. The van der Waals surface area contributed by atoms with E-state index >= 15 is 0 Å². The van der Waals surface area contributed by atoms with Gasteiger partial charge in [0.05, 0.1) is 10.3 Å². The molecule has 0 atom stereocenters. The summed E-state index contributed by atoms with van der Waals surface area (Å²) in [6.45, 7) is 8.63. The minimum Gasteiger partial charge on any atom is -0.326 e. The topological polar surface area (TPSA) is 115 Å². The van der Waals surface area contributed by atoms with Crippen LogP contribution in [0.3, 0.4) is 0 Å². The van der Waals surface area contributed by atoms with Crippen LogP contribution in [0, 0.1) is 12.3 Å². The van der Waals surface area contributed by atoms with Crippen LogP contribution in [0.1, 0.15) is 33.3 Å². The lowest BCUT2D eigenvalue weighted by atomic mass is 9.74. The van der Waals surface area contributed by atoms with Crippen molar-refractivity contribution in [1.29, 1.82) is 0 Å². The summed E-state index contributed by atoms with van der Waals surface area (Å²) in [5.74, 6) is -0.292. The van der Waals surface area contributed by atoms with Gasteiger partial charge in [-0.3, -0.25) is 4.79 Å². The van der Waals surface area contributed by atoms with E-state index in [1.165, 1.54) is 6.07 Å². The van der Waals surface area contributed by atoms with E-state index in [2.05, 4.69) is 5.32 Å². The highest BCUT2D eigenvalue weighted by atomic mass is 32.2. The van der Waals surface area contributed by atoms with Crippen molar-refractivity contribution in [2.24, 2.45) is 16.3 Å². The predicted molar refractivity (Wildman–Crippen MR) is 83.2 cm³/mol. The summed E-state index contributed by atoms with van der Waals surface area (Å²) in [7, 11) is -3.83. The summed E-state index contributed by atoms with van der Waals surface area (Å²) in [6, 6.07) is 4.57. The molecule has 1 rings (SSSR count). The van der Waals surface area contributed by atoms with Gasteiger partial charge in [0.2, 0.25) is 15.9 Å². The van der Waals surface area contributed by atoms with E-state index in [0.29, 0.717) is 11.3 Å². The monoisotopic (exact) mass is 313 g/mol. The van der Waals surface area contributed by atoms with E-state index < -0.39 is 21.0 Å². The minimum absolute atomic E-state index is 0.00915. The van der Waals surface area contributed by atoms with Gasteiger partial charge >= 0.3 is 0 Å². The fraction of sp³-hybridized carbons (Fsp3) is 0.500. The standard InChI is InChI=1S/C14H23N3O3S/c1-9-6-7-10(8-11(9)21(16,19)20)17-12(18)13(2,3)14(4,5)15/h6-8H,15H2,1-5H3,(H,17,18)(H2,16,19,20). The van der Waals surface area contributed by atoms with Crippen molar-refractivity contribution in [1.82, 2.24) is 0 Å². The maximum absolute atomic E-state index is 12.4. The number of benzene rings is 1. The third kappa shape index (κ3) is 3.81. The molecule has 0 saturated heterocycles. The highest BCUT2D eigenvalue weighted by Gasteiger charge is 2.40. The molecule has 1 aromatic rings. The van der Waals surface area contributed by atoms with Crippen molar-refractivity contribution >= 4 is 21.6 Å². The van der Waals surface area contributed by atoms with Gasteiger partial charge in [-0.2, -0.15) is 0 Å². The highest BCUT2D eigenvalue weighted by molar-refractivity contribution is 7.89. The summed E-state index contributed by atoms with van der Waals surface area (Å²) in [4.78, 5) is 12.3. The van der Waals surface area contributed by atoms with Crippen LogP contribution >= 0.6 is 0 Å². The number of amides is 1. The molecule has 0 radical (unpaired) electrons. The van der Waals surface area contributed by atoms with E-state index in [9.17, 15) is 13.2 Å². The van der Waals surface area contributed by atoms with E-state index in [-0.39, 0.29) is 10.8 Å². The SMILES string of the molecule is Cc1ccc(NC(=O)C(C)(C)C(C)(C)N)cc1S(N)(=O)=O. The van der Waals surface area contributed by atoms with Crippen LogP contribution in [0.5, 0.6) is 0 Å². The van der Waals surface area contributed by atoms with Gasteiger partial charge in [0.15, 0.2) is 0 Å². The first kappa shape index (κ1) is 17.6. The Balaban J connectivity index is 3.14. The van der Waals surface area contributed by atoms with Crippen molar-refractivity contribution in [2.45, 2.75) is 45.1 Å². The molecule has 0 saturated carbocycles. The second kappa shape index (κ2) is 5.40. The smallest absolute Gasteiger partial charge is 0.238 e. The summed E-state index contributed by atoms with van der Waals surface area (Å²) in [6.07, 6.45) is 0. The van der Waals surface area contributed by atoms with Gasteiger partial charge in [0, 0.05) is 11.2 Å². The third-order valence-electron chi connectivity index (χ3n) is 3.93. The maximum Gasteiger partial charge on any atom is 0.238 e. The summed E-state index contributed by atoms with van der Waals surface area (Å²) in [5.41, 5.74) is 5.34. The molecular weight excluding hydrogens is 290 g/mol. The Hall–Kier alpha value is -1.44. The van der Waals surface area contributed by atoms with Crippen molar-refractivity contribution in [3.8, 4) is 0 Å². The van der Waals surface area contributed by atoms with Crippen LogP contribution in [0.2, 0.25) is 0 Å². The van der Waals surface area contributed by atoms with Crippen molar-refractivity contribution in [3.05, 3.63) is 23.8 Å². The van der Waals surface area contributed by atoms with Crippen molar-refractivity contribution in [3.63, 3.8) is 0 Å². The molecule has 118 valence electrons. The van der Waals surface area contributed by atoms with Crippen LogP contribution in [0.15, 0.2) is 23.1 Å². The Morgan fingerprint density at radius 1 is 1.19 bits per heavy atom. The quantitative estimate of drug-likeness (QED) is 0.778. The number of hydrogen-bond acceptors (Lipinski definition) is 4. The molecule has 0 aromatic heterocycles. The van der Waals surface area contributed by atoms with E-state index in [1.807, 2.05) is 0 Å². The Kier molecular flexibility index (Phi) is 4.53. The predicted octanol–water partition coefficient (Wildman–Crippen LogP) is 1.34. The van der Waals surface area contributed by atoms with Crippen molar-refractivity contribution in [2.75, 3.05) is 5.32 Å². The first-order valence-electron chi connectivity index (χ1n) is 6.50. The first-order chi connectivity index (χ1) is 9.26. The zero-order valence-corrected chi connectivity index (χ0v) is 13.8. The summed E-state index contributed by atoms with van der Waals surface area (Å²) in [5, 5.41) is 7.84. The third-order valence-corrected chi connectivity index (χ3v) is 4.98. The molecule has 21 heavy (non-hydrogen) atoms. The molecule has 6 nitrogen and oxygen atoms in total. The molecule has 5 N–H and O–H groups in total. The average Bonchev–Trinajstić information content (AvgIpc) is 2.28. The van der Waals surface area contributed by atoms with E-state index in [0.717, 1.165) is 0 Å². The van der Waals surface area contributed by atoms with Gasteiger partial charge in [0.25, 0.3) is 0 Å². The zero-order chi connectivity index (χ0) is 16.6. The second-order valence-corrected chi connectivity index (χ2v) is 7.86. The van der Waals surface area contributed by atoms with Crippen LogP contribution in [0.25, 0.3) is 0 Å². The normalized spacial score (nSPS) is 13.1. The minimum atomic E-state index is -3.83. The number of carbonyl (C=O) groups is 1. The lowest BCUT2D eigenvalue weighted by Crippen LogP contribution is -2.53. The number of primary sulfonamides is 1. The molecule has 0 unspecified atom stereocenters. The van der Waals surface area contributed by atoms with E-state index in [1.54, 1.807) is 46.8 Å². The molecule has 0 aliphatic carbocycles. The number of carbonyl (C=O) groups excluding carboxylic acids is 1. The maximum atomic E-state index is 12.4. The molecule has 1 amide bonds. The Bertz CT molecular complexity index is 659. The Labute approximate surface area is 126 Å². The van der Waals surface area contributed by atoms with Crippen LogP contribution in [0.4, 0.5) is 5.69 Å². The van der Waals surface area contributed by atoms with Crippen LogP contribution < -0.4 is 16.2 Å². The van der Waals surface area contributed by atoms with Gasteiger partial charge in [-0.25, -0.2) is 13.6 Å². The lowest BCUT2D eigenvalue weighted by Gasteiger charge is -2.36. The Morgan fingerprint density at radius 3 is 2.14 bits per heavy atom. The zero-order valence-electron chi connectivity index (χ0n) is 13.0. The number of rotatable bonds is 4. The molecule has 7 heteroatoms. The van der Waals surface area contributed by atoms with Crippen LogP contribution in [-0.2, 0) is 14.8 Å². The fourth-order valence-electron chi connectivity index (χ4n) is 1.56. The number of anilines is 1. The first-order valence-corrected chi connectivity index (χ1v) is 8.05. The molecule has 0 aliphatic heterocycles. The van der Waals surface area contributed by atoms with Gasteiger partial charge < -0.3 is 11.1 Å². The summed E-state index contributed by atoms with van der Waals surface area (Å²) >= 11 is 0. The van der Waals surface area contributed by atoms with Gasteiger partial charge in [-0.1, -0.05) is 6.07 Å².